The molecule has 9 nitrogen and oxygen atoms in total. The van der Waals surface area contributed by atoms with Gasteiger partial charge in [-0.3, -0.25) is 15.2 Å². The zero-order valence-corrected chi connectivity index (χ0v) is 12.7. The van der Waals surface area contributed by atoms with Gasteiger partial charge in [0, 0.05) is 5.92 Å². The summed E-state index contributed by atoms with van der Waals surface area (Å²) in [5.41, 5.74) is 0. The quantitative estimate of drug-likeness (QED) is 0.831. The molecule has 22 heavy (non-hydrogen) atoms. The van der Waals surface area contributed by atoms with Crippen molar-refractivity contribution >= 4 is 11.9 Å². The molecule has 1 aliphatic rings. The van der Waals surface area contributed by atoms with E-state index in [0.717, 1.165) is 25.1 Å². The fourth-order valence-corrected chi connectivity index (χ4v) is 2.54. The third kappa shape index (κ3) is 2.83. The number of rotatable bonds is 6. The second kappa shape index (κ2) is 6.20. The summed E-state index contributed by atoms with van der Waals surface area (Å²) in [6, 6.07) is -0.481. The lowest BCUT2D eigenvalue weighted by Gasteiger charge is -2.22. The largest absolute Gasteiger partial charge is 0.291 e. The molecule has 1 amide bonds. The van der Waals surface area contributed by atoms with E-state index in [1.165, 1.54) is 17.4 Å². The van der Waals surface area contributed by atoms with Crippen LogP contribution in [0.2, 0.25) is 0 Å². The van der Waals surface area contributed by atoms with E-state index in [2.05, 4.69) is 36.0 Å². The predicted molar refractivity (Wildman–Crippen MR) is 77.9 cm³/mol. The second-order valence-corrected chi connectivity index (χ2v) is 5.78. The van der Waals surface area contributed by atoms with Crippen LogP contribution < -0.4 is 5.32 Å². The Morgan fingerprint density at radius 2 is 2.36 bits per heavy atom. The Balaban J connectivity index is 1.72. The van der Waals surface area contributed by atoms with Crippen LogP contribution in [0.25, 0.3) is 0 Å². The molecule has 9 heteroatoms. The van der Waals surface area contributed by atoms with Crippen LogP contribution in [0.1, 0.15) is 57.3 Å². The van der Waals surface area contributed by atoms with Crippen molar-refractivity contribution in [3.05, 3.63) is 12.2 Å². The summed E-state index contributed by atoms with van der Waals surface area (Å²) in [7, 11) is 0. The van der Waals surface area contributed by atoms with Crippen LogP contribution in [0, 0.1) is 5.92 Å². The maximum atomic E-state index is 12.6. The monoisotopic (exact) mass is 304 g/mol. The number of nitrogens with zero attached hydrogens (tertiary/aromatic N) is 6. The first-order chi connectivity index (χ1) is 10.7. The van der Waals surface area contributed by atoms with Crippen molar-refractivity contribution in [2.45, 2.75) is 51.5 Å². The number of aromatic nitrogens is 7. The van der Waals surface area contributed by atoms with Crippen LogP contribution in [0.15, 0.2) is 6.33 Å². The lowest BCUT2D eigenvalue weighted by Crippen LogP contribution is -2.31. The Bertz CT molecular complexity index is 618. The summed E-state index contributed by atoms with van der Waals surface area (Å²) in [6.07, 6.45) is 5.77. The molecule has 0 radical (unpaired) electrons. The van der Waals surface area contributed by atoms with E-state index in [0.29, 0.717) is 11.9 Å². The fraction of sp³-hybridized carbons (Fsp3) is 0.692. The Morgan fingerprint density at radius 3 is 2.95 bits per heavy atom. The average molecular weight is 304 g/mol. The minimum atomic E-state index is -0.481. The van der Waals surface area contributed by atoms with Gasteiger partial charge in [-0.1, -0.05) is 26.7 Å². The Hall–Kier alpha value is -2.32. The number of hydrogen-bond acceptors (Lipinski definition) is 6. The van der Waals surface area contributed by atoms with Crippen LogP contribution in [0.3, 0.4) is 0 Å². The maximum Gasteiger partial charge on any atom is 0.252 e. The second-order valence-electron chi connectivity index (χ2n) is 5.78. The molecule has 0 aliphatic heterocycles. The topological polar surface area (TPSA) is 114 Å². The van der Waals surface area contributed by atoms with Gasteiger partial charge in [0.2, 0.25) is 5.95 Å². The van der Waals surface area contributed by atoms with Crippen LogP contribution in [-0.4, -0.2) is 41.3 Å². The SMILES string of the molecule is CC[C@H](C)[C@@H](C(=O)Nc1n[nH]c(C2CCC2)n1)n1cnnn1. The van der Waals surface area contributed by atoms with Crippen LogP contribution in [0.5, 0.6) is 0 Å². The highest BCUT2D eigenvalue weighted by atomic mass is 16.2. The van der Waals surface area contributed by atoms with E-state index in [1.54, 1.807) is 0 Å². The Labute approximate surface area is 127 Å². The molecule has 0 unspecified atom stereocenters. The molecule has 0 saturated heterocycles. The number of tetrazole rings is 1. The molecule has 0 spiro atoms. The van der Waals surface area contributed by atoms with Gasteiger partial charge in [0.1, 0.15) is 18.2 Å². The van der Waals surface area contributed by atoms with Gasteiger partial charge in [0.25, 0.3) is 5.91 Å². The summed E-state index contributed by atoms with van der Waals surface area (Å²) < 4.78 is 1.48. The van der Waals surface area contributed by atoms with Gasteiger partial charge in [-0.25, -0.2) is 4.68 Å². The minimum Gasteiger partial charge on any atom is -0.291 e. The van der Waals surface area contributed by atoms with Crippen molar-refractivity contribution in [3.8, 4) is 0 Å². The van der Waals surface area contributed by atoms with Gasteiger partial charge in [-0.2, -0.15) is 4.98 Å². The van der Waals surface area contributed by atoms with Crippen LogP contribution in [0.4, 0.5) is 5.95 Å². The summed E-state index contributed by atoms with van der Waals surface area (Å²) >= 11 is 0. The zero-order chi connectivity index (χ0) is 15.5. The first-order valence-electron chi connectivity index (χ1n) is 7.64. The van der Waals surface area contributed by atoms with Gasteiger partial charge in [-0.15, -0.1) is 10.2 Å². The van der Waals surface area contributed by atoms with Gasteiger partial charge in [0.15, 0.2) is 0 Å². The number of hydrogen-bond donors (Lipinski definition) is 2. The maximum absolute atomic E-state index is 12.6. The van der Waals surface area contributed by atoms with Crippen molar-refractivity contribution in [1.29, 1.82) is 0 Å². The summed E-state index contributed by atoms with van der Waals surface area (Å²) in [4.78, 5) is 16.9. The van der Waals surface area contributed by atoms with E-state index in [1.807, 2.05) is 13.8 Å². The highest BCUT2D eigenvalue weighted by Crippen LogP contribution is 2.34. The van der Waals surface area contributed by atoms with Crippen LogP contribution >= 0.6 is 0 Å². The van der Waals surface area contributed by atoms with E-state index < -0.39 is 6.04 Å². The molecule has 1 aliphatic carbocycles. The Morgan fingerprint density at radius 1 is 1.55 bits per heavy atom. The molecule has 2 atom stereocenters. The molecule has 118 valence electrons. The van der Waals surface area contributed by atoms with E-state index in [9.17, 15) is 4.79 Å². The molecule has 2 aromatic heterocycles. The molecule has 0 bridgehead atoms. The molecule has 2 N–H and O–H groups in total. The van der Waals surface area contributed by atoms with Crippen molar-refractivity contribution in [3.63, 3.8) is 0 Å². The lowest BCUT2D eigenvalue weighted by molar-refractivity contribution is -0.121. The van der Waals surface area contributed by atoms with Gasteiger partial charge in [-0.05, 0) is 29.2 Å². The molecule has 1 fully saturated rings. The van der Waals surface area contributed by atoms with Gasteiger partial charge >= 0.3 is 0 Å². The van der Waals surface area contributed by atoms with Crippen molar-refractivity contribution < 1.29 is 4.79 Å². The van der Waals surface area contributed by atoms with Crippen molar-refractivity contribution in [2.24, 2.45) is 5.92 Å². The average Bonchev–Trinajstić information content (AvgIpc) is 3.09. The molecular weight excluding hydrogens is 284 g/mol. The molecule has 0 aromatic carbocycles. The highest BCUT2D eigenvalue weighted by molar-refractivity contribution is 5.92. The van der Waals surface area contributed by atoms with Crippen molar-refractivity contribution in [1.82, 2.24) is 35.4 Å². The molecular formula is C13H20N8O. The summed E-state index contributed by atoms with van der Waals surface area (Å²) in [5, 5.41) is 20.8. The minimum absolute atomic E-state index is 0.0912. The number of anilines is 1. The Kier molecular flexibility index (Phi) is 4.12. The smallest absolute Gasteiger partial charge is 0.252 e. The molecule has 2 heterocycles. The normalized spacial score (nSPS) is 17.7. The standard InChI is InChI=1S/C13H20N8O/c1-3-8(2)10(21-7-14-19-20-21)12(22)16-13-15-11(17-18-13)9-5-4-6-9/h7-10H,3-6H2,1-2H3,(H2,15,16,17,18,22)/t8-,10-/m0/s1. The van der Waals surface area contributed by atoms with E-state index in [-0.39, 0.29) is 11.8 Å². The fourth-order valence-electron chi connectivity index (χ4n) is 2.54. The molecule has 3 rings (SSSR count). The number of carbonyl (C=O) groups is 1. The lowest BCUT2D eigenvalue weighted by atomic mass is 9.85. The first-order valence-corrected chi connectivity index (χ1v) is 7.64. The molecule has 1 saturated carbocycles. The molecule has 2 aromatic rings. The van der Waals surface area contributed by atoms with Gasteiger partial charge < -0.3 is 0 Å². The third-order valence-corrected chi connectivity index (χ3v) is 4.33. The number of aromatic amines is 1. The third-order valence-electron chi connectivity index (χ3n) is 4.33. The number of H-pyrrole nitrogens is 1. The number of nitrogens with one attached hydrogen (secondary N) is 2. The zero-order valence-electron chi connectivity index (χ0n) is 12.7. The van der Waals surface area contributed by atoms with Crippen LogP contribution in [-0.2, 0) is 4.79 Å². The highest BCUT2D eigenvalue weighted by Gasteiger charge is 2.29. The predicted octanol–water partition coefficient (Wildman–Crippen LogP) is 1.28. The van der Waals surface area contributed by atoms with Crippen molar-refractivity contribution in [2.75, 3.05) is 5.32 Å². The summed E-state index contributed by atoms with van der Waals surface area (Å²) in [5.74, 6) is 1.50. The number of carbonyl (C=O) groups excluding carboxylic acids is 1. The van der Waals surface area contributed by atoms with E-state index in [4.69, 9.17) is 0 Å². The van der Waals surface area contributed by atoms with Gasteiger partial charge in [0.05, 0.1) is 0 Å². The number of amides is 1. The van der Waals surface area contributed by atoms with E-state index >= 15 is 0 Å². The first kappa shape index (κ1) is 14.6. The summed E-state index contributed by atoms with van der Waals surface area (Å²) in [6.45, 7) is 4.01.